The van der Waals surface area contributed by atoms with Crippen molar-refractivity contribution in [3.05, 3.63) is 71.8 Å². The number of nitrogens with zero attached hydrogens (tertiary/aromatic N) is 3. The fraction of sp³-hybridized carbons (Fsp3) is 0.250. The Kier molecular flexibility index (Phi) is 6.39. The summed E-state index contributed by atoms with van der Waals surface area (Å²) in [6, 6.07) is 11.2. The van der Waals surface area contributed by atoms with E-state index in [0.29, 0.717) is 40.3 Å². The molecule has 1 amide bonds. The van der Waals surface area contributed by atoms with E-state index in [1.54, 1.807) is 36.5 Å². The molecule has 0 saturated heterocycles. The minimum atomic E-state index is -0.333. The van der Waals surface area contributed by atoms with Gasteiger partial charge in [-0.25, -0.2) is 14.4 Å². The Balaban J connectivity index is 1.56. The first-order valence-corrected chi connectivity index (χ1v) is 10.5. The number of aryl methyl sites for hydroxylation is 1. The number of aromatic amines is 1. The second-order valence-corrected chi connectivity index (χ2v) is 7.72. The van der Waals surface area contributed by atoms with Crippen LogP contribution in [0.5, 0.6) is 5.88 Å². The van der Waals surface area contributed by atoms with Gasteiger partial charge in [-0.05, 0) is 74.7 Å². The van der Waals surface area contributed by atoms with Gasteiger partial charge in [-0.15, -0.1) is 0 Å². The lowest BCUT2D eigenvalue weighted by Gasteiger charge is -2.14. The van der Waals surface area contributed by atoms with Crippen LogP contribution in [0.15, 0.2) is 54.9 Å². The maximum absolute atomic E-state index is 13.4. The molecule has 4 rings (SSSR count). The number of rotatable bonds is 8. The lowest BCUT2D eigenvalue weighted by molar-refractivity contribution is 0.0953. The maximum atomic E-state index is 13.4. The lowest BCUT2D eigenvalue weighted by Crippen LogP contribution is -2.24. The second-order valence-electron chi connectivity index (χ2n) is 7.72. The van der Waals surface area contributed by atoms with Crippen molar-refractivity contribution in [1.82, 2.24) is 25.5 Å². The van der Waals surface area contributed by atoms with Gasteiger partial charge in [-0.3, -0.25) is 9.89 Å². The van der Waals surface area contributed by atoms with Crippen LogP contribution in [-0.2, 0) is 6.42 Å². The number of ether oxygens (including phenoxy) is 1. The van der Waals surface area contributed by atoms with E-state index in [-0.39, 0.29) is 17.8 Å². The number of benzene rings is 2. The van der Waals surface area contributed by atoms with Crippen LogP contribution in [-0.4, -0.2) is 38.7 Å². The molecule has 0 aliphatic heterocycles. The molecule has 0 bridgehead atoms. The number of hydrogen-bond donors (Lipinski definition) is 2. The van der Waals surface area contributed by atoms with E-state index >= 15 is 0 Å². The smallest absolute Gasteiger partial charge is 0.251 e. The molecule has 0 saturated carbocycles. The van der Waals surface area contributed by atoms with E-state index in [0.717, 1.165) is 18.4 Å². The molecule has 2 aromatic carbocycles. The normalized spacial score (nSPS) is 11.1. The predicted molar refractivity (Wildman–Crippen MR) is 120 cm³/mol. The number of aromatic nitrogens is 4. The SMILES string of the molecule is CC(C)Oc1nc2ccc(C(=O)NCCCc3cn[nH]c3)cc2nc1-c1ccc(F)cc1. The van der Waals surface area contributed by atoms with Crippen molar-refractivity contribution in [3.63, 3.8) is 0 Å². The van der Waals surface area contributed by atoms with Gasteiger partial charge in [0.2, 0.25) is 5.88 Å². The molecular formula is C24H24FN5O2. The molecule has 8 heteroatoms. The van der Waals surface area contributed by atoms with Crippen molar-refractivity contribution in [1.29, 1.82) is 0 Å². The van der Waals surface area contributed by atoms with Gasteiger partial charge in [0.05, 0.1) is 23.3 Å². The molecule has 2 N–H and O–H groups in total. The zero-order valence-electron chi connectivity index (χ0n) is 17.9. The fourth-order valence-corrected chi connectivity index (χ4v) is 3.29. The number of nitrogens with one attached hydrogen (secondary N) is 2. The summed E-state index contributed by atoms with van der Waals surface area (Å²) in [4.78, 5) is 21.9. The van der Waals surface area contributed by atoms with Crippen LogP contribution >= 0.6 is 0 Å². The largest absolute Gasteiger partial charge is 0.473 e. The van der Waals surface area contributed by atoms with Gasteiger partial charge < -0.3 is 10.1 Å². The Morgan fingerprint density at radius 3 is 2.66 bits per heavy atom. The molecular weight excluding hydrogens is 409 g/mol. The first kappa shape index (κ1) is 21.4. The summed E-state index contributed by atoms with van der Waals surface area (Å²) in [6.07, 6.45) is 5.16. The van der Waals surface area contributed by atoms with E-state index in [2.05, 4.69) is 20.5 Å². The molecule has 0 unspecified atom stereocenters. The second kappa shape index (κ2) is 9.55. The van der Waals surface area contributed by atoms with Crippen LogP contribution in [0.1, 0.15) is 36.2 Å². The topological polar surface area (TPSA) is 92.8 Å². The number of amides is 1. The summed E-state index contributed by atoms with van der Waals surface area (Å²) in [7, 11) is 0. The summed E-state index contributed by atoms with van der Waals surface area (Å²) >= 11 is 0. The molecule has 2 heterocycles. The van der Waals surface area contributed by atoms with Gasteiger partial charge in [0.25, 0.3) is 5.91 Å². The molecule has 0 aliphatic carbocycles. The Morgan fingerprint density at radius 2 is 1.94 bits per heavy atom. The zero-order chi connectivity index (χ0) is 22.5. The van der Waals surface area contributed by atoms with E-state index < -0.39 is 0 Å². The zero-order valence-corrected chi connectivity index (χ0v) is 17.9. The Labute approximate surface area is 185 Å². The maximum Gasteiger partial charge on any atom is 0.251 e. The fourth-order valence-electron chi connectivity index (χ4n) is 3.29. The highest BCUT2D eigenvalue weighted by molar-refractivity contribution is 5.97. The van der Waals surface area contributed by atoms with E-state index in [1.165, 1.54) is 12.1 Å². The highest BCUT2D eigenvalue weighted by Gasteiger charge is 2.15. The van der Waals surface area contributed by atoms with Crippen molar-refractivity contribution in [2.24, 2.45) is 0 Å². The molecule has 0 radical (unpaired) electrons. The average molecular weight is 433 g/mol. The van der Waals surface area contributed by atoms with Gasteiger partial charge >= 0.3 is 0 Å². The van der Waals surface area contributed by atoms with Gasteiger partial charge in [0, 0.05) is 23.9 Å². The average Bonchev–Trinajstić information content (AvgIpc) is 3.29. The Morgan fingerprint density at radius 1 is 1.12 bits per heavy atom. The van der Waals surface area contributed by atoms with Crippen molar-refractivity contribution < 1.29 is 13.9 Å². The summed E-state index contributed by atoms with van der Waals surface area (Å²) in [5.74, 6) is -0.136. The third kappa shape index (κ3) is 5.08. The van der Waals surface area contributed by atoms with E-state index in [9.17, 15) is 9.18 Å². The standard InChI is InChI=1S/C24H24FN5O2/c1-15(2)32-24-22(17-5-8-19(25)9-6-17)29-21-12-18(7-10-20(21)30-24)23(31)26-11-3-4-16-13-27-28-14-16/h5-10,12-15H,3-4,11H2,1-2H3,(H,26,31)(H,27,28). The quantitative estimate of drug-likeness (QED) is 0.404. The van der Waals surface area contributed by atoms with E-state index in [4.69, 9.17) is 9.72 Å². The van der Waals surface area contributed by atoms with Crippen molar-refractivity contribution in [2.75, 3.05) is 6.54 Å². The van der Waals surface area contributed by atoms with E-state index in [1.807, 2.05) is 20.0 Å². The third-order valence-electron chi connectivity index (χ3n) is 4.84. The third-order valence-corrected chi connectivity index (χ3v) is 4.84. The molecule has 2 aromatic heterocycles. The van der Waals surface area contributed by atoms with Crippen LogP contribution in [0.2, 0.25) is 0 Å². The number of carbonyl (C=O) groups excluding carboxylic acids is 1. The molecule has 0 aliphatic rings. The van der Waals surface area contributed by atoms with Gasteiger partial charge in [-0.1, -0.05) is 0 Å². The van der Waals surface area contributed by atoms with Gasteiger partial charge in [0.15, 0.2) is 0 Å². The van der Waals surface area contributed by atoms with Crippen LogP contribution in [0.3, 0.4) is 0 Å². The lowest BCUT2D eigenvalue weighted by atomic mass is 10.1. The summed E-state index contributed by atoms with van der Waals surface area (Å²) in [5, 5.41) is 9.62. The molecule has 0 spiro atoms. The molecule has 0 atom stereocenters. The highest BCUT2D eigenvalue weighted by Crippen LogP contribution is 2.30. The monoisotopic (exact) mass is 433 g/mol. The van der Waals surface area contributed by atoms with Crippen LogP contribution in [0.4, 0.5) is 4.39 Å². The number of halogens is 1. The predicted octanol–water partition coefficient (Wildman–Crippen LogP) is 4.31. The van der Waals surface area contributed by atoms with Crippen molar-refractivity contribution in [2.45, 2.75) is 32.8 Å². The summed E-state index contributed by atoms with van der Waals surface area (Å²) in [6.45, 7) is 4.36. The molecule has 32 heavy (non-hydrogen) atoms. The van der Waals surface area contributed by atoms with Crippen molar-refractivity contribution >= 4 is 16.9 Å². The number of fused-ring (bicyclic) bond motifs is 1. The Bertz CT molecular complexity index is 1210. The number of hydrogen-bond acceptors (Lipinski definition) is 5. The molecule has 4 aromatic rings. The number of carbonyl (C=O) groups is 1. The van der Waals surface area contributed by atoms with Crippen LogP contribution in [0.25, 0.3) is 22.3 Å². The van der Waals surface area contributed by atoms with Crippen LogP contribution < -0.4 is 10.1 Å². The van der Waals surface area contributed by atoms with Crippen molar-refractivity contribution in [3.8, 4) is 17.1 Å². The first-order valence-electron chi connectivity index (χ1n) is 10.5. The van der Waals surface area contributed by atoms with Gasteiger partial charge in [0.1, 0.15) is 11.5 Å². The molecule has 164 valence electrons. The summed E-state index contributed by atoms with van der Waals surface area (Å²) < 4.78 is 19.3. The van der Waals surface area contributed by atoms with Gasteiger partial charge in [-0.2, -0.15) is 5.10 Å². The highest BCUT2D eigenvalue weighted by atomic mass is 19.1. The summed E-state index contributed by atoms with van der Waals surface area (Å²) in [5.41, 5.74) is 3.97. The number of H-pyrrole nitrogens is 1. The molecule has 7 nitrogen and oxygen atoms in total. The van der Waals surface area contributed by atoms with Crippen LogP contribution in [0, 0.1) is 5.82 Å². The minimum Gasteiger partial charge on any atom is -0.473 e. The minimum absolute atomic E-state index is 0.104. The molecule has 0 fully saturated rings. The Hall–Kier alpha value is -3.81. The first-order chi connectivity index (χ1) is 15.5.